The topological polar surface area (TPSA) is 101 Å². The van der Waals surface area contributed by atoms with Gasteiger partial charge in [0.05, 0.1) is 16.9 Å². The molecule has 0 aliphatic carbocycles. The minimum Gasteiger partial charge on any atom is -0.478 e. The molecule has 1 unspecified atom stereocenters. The molecule has 0 aromatic heterocycles. The molecule has 1 aromatic rings. The van der Waals surface area contributed by atoms with Crippen LogP contribution in [0.3, 0.4) is 0 Å². The molecule has 1 saturated heterocycles. The molecule has 6 nitrogen and oxygen atoms in total. The Morgan fingerprint density at radius 1 is 1.45 bits per heavy atom. The summed E-state index contributed by atoms with van der Waals surface area (Å²) in [5, 5.41) is 8.77. The highest BCUT2D eigenvalue weighted by Gasteiger charge is 2.32. The Labute approximate surface area is 119 Å². The quantitative estimate of drug-likeness (QED) is 0.816. The highest BCUT2D eigenvalue weighted by Crippen LogP contribution is 2.32. The monoisotopic (exact) mass is 294 g/mol. The van der Waals surface area contributed by atoms with Crippen molar-refractivity contribution >= 4 is 40.1 Å². The molecule has 1 aliphatic heterocycles. The van der Waals surface area contributed by atoms with Crippen molar-refractivity contribution in [2.45, 2.75) is 18.6 Å². The largest absolute Gasteiger partial charge is 0.478 e. The molecule has 106 valence electrons. The first kappa shape index (κ1) is 14.4. The van der Waals surface area contributed by atoms with E-state index in [0.29, 0.717) is 12.2 Å². The minimum atomic E-state index is -1.07. The maximum Gasteiger partial charge on any atom is 0.335 e. The number of benzene rings is 1. The van der Waals surface area contributed by atoms with Crippen molar-refractivity contribution in [3.8, 4) is 0 Å². The van der Waals surface area contributed by atoms with Gasteiger partial charge in [0.1, 0.15) is 0 Å². The van der Waals surface area contributed by atoms with Gasteiger partial charge >= 0.3 is 5.97 Å². The number of nitrogens with zero attached hydrogens (tertiary/aromatic N) is 1. The minimum absolute atomic E-state index is 0.0288. The molecule has 1 aromatic carbocycles. The highest BCUT2D eigenvalue weighted by atomic mass is 32.2. The van der Waals surface area contributed by atoms with Crippen LogP contribution in [-0.4, -0.2) is 33.9 Å². The Morgan fingerprint density at radius 3 is 2.70 bits per heavy atom. The molecular weight excluding hydrogens is 280 g/mol. The fraction of sp³-hybridized carbons (Fsp3) is 0.308. The van der Waals surface area contributed by atoms with E-state index in [1.807, 2.05) is 0 Å². The third-order valence-corrected chi connectivity index (χ3v) is 3.97. The number of aromatic carboxylic acids is 1. The van der Waals surface area contributed by atoms with Crippen LogP contribution in [0.4, 0.5) is 11.4 Å². The normalized spacial score (nSPS) is 18.4. The van der Waals surface area contributed by atoms with Crippen LogP contribution in [0.2, 0.25) is 0 Å². The number of anilines is 2. The van der Waals surface area contributed by atoms with Crippen molar-refractivity contribution in [1.82, 2.24) is 0 Å². The van der Waals surface area contributed by atoms with E-state index in [0.717, 1.165) is 11.8 Å². The number of rotatable bonds is 3. The molecule has 20 heavy (non-hydrogen) atoms. The number of amides is 1. The second-order valence-electron chi connectivity index (χ2n) is 4.52. The van der Waals surface area contributed by atoms with Gasteiger partial charge in [-0.05, 0) is 18.2 Å². The molecule has 1 aliphatic rings. The number of nitrogen functional groups attached to an aromatic ring is 1. The first-order chi connectivity index (χ1) is 9.38. The van der Waals surface area contributed by atoms with Gasteiger partial charge in [-0.15, -0.1) is 0 Å². The number of carboxylic acids is 1. The van der Waals surface area contributed by atoms with Gasteiger partial charge in [0.15, 0.2) is 5.12 Å². The standard InChI is InChI=1S/C13H14N2O4S/c1-7(16)20-9-5-12(17)15(6-9)11-3-2-8(13(18)19)4-10(11)14/h2-4,9H,5-6,14H2,1H3,(H,18,19). The molecule has 0 bridgehead atoms. The van der Waals surface area contributed by atoms with Gasteiger partial charge in [-0.3, -0.25) is 9.59 Å². The van der Waals surface area contributed by atoms with E-state index in [-0.39, 0.29) is 33.9 Å². The van der Waals surface area contributed by atoms with Gasteiger partial charge in [-0.1, -0.05) is 11.8 Å². The number of thioether (sulfide) groups is 1. The highest BCUT2D eigenvalue weighted by molar-refractivity contribution is 8.14. The molecule has 0 radical (unpaired) electrons. The lowest BCUT2D eigenvalue weighted by Gasteiger charge is -2.18. The number of carbonyl (C=O) groups excluding carboxylic acids is 2. The molecule has 7 heteroatoms. The fourth-order valence-electron chi connectivity index (χ4n) is 2.15. The summed E-state index contributed by atoms with van der Waals surface area (Å²) in [7, 11) is 0. The number of carbonyl (C=O) groups is 3. The van der Waals surface area contributed by atoms with Crippen molar-refractivity contribution < 1.29 is 19.5 Å². The molecule has 1 fully saturated rings. The smallest absolute Gasteiger partial charge is 0.335 e. The number of nitrogens with two attached hydrogens (primary N) is 1. The van der Waals surface area contributed by atoms with Crippen LogP contribution in [0.25, 0.3) is 0 Å². The molecule has 1 amide bonds. The van der Waals surface area contributed by atoms with Crippen molar-refractivity contribution in [3.05, 3.63) is 23.8 Å². The second-order valence-corrected chi connectivity index (χ2v) is 6.00. The number of hydrogen-bond donors (Lipinski definition) is 2. The van der Waals surface area contributed by atoms with Crippen LogP contribution in [-0.2, 0) is 9.59 Å². The summed E-state index contributed by atoms with van der Waals surface area (Å²) in [5.41, 5.74) is 6.63. The Morgan fingerprint density at radius 2 is 2.15 bits per heavy atom. The Balaban J connectivity index is 2.22. The SMILES string of the molecule is CC(=O)SC1CC(=O)N(c2ccc(C(=O)O)cc2N)C1. The lowest BCUT2D eigenvalue weighted by molar-refractivity contribution is -0.117. The Bertz CT molecular complexity index is 588. The summed E-state index contributed by atoms with van der Waals surface area (Å²) < 4.78 is 0. The Kier molecular flexibility index (Phi) is 3.99. The van der Waals surface area contributed by atoms with Gasteiger partial charge in [-0.2, -0.15) is 0 Å². The summed E-state index contributed by atoms with van der Waals surface area (Å²) in [6.45, 7) is 1.87. The van der Waals surface area contributed by atoms with Crippen LogP contribution >= 0.6 is 11.8 Å². The van der Waals surface area contributed by atoms with Crippen molar-refractivity contribution in [2.75, 3.05) is 17.2 Å². The summed E-state index contributed by atoms with van der Waals surface area (Å²) in [5.74, 6) is -1.18. The van der Waals surface area contributed by atoms with Crippen LogP contribution < -0.4 is 10.6 Å². The average molecular weight is 294 g/mol. The van der Waals surface area contributed by atoms with Gasteiger partial charge in [0.25, 0.3) is 0 Å². The third kappa shape index (κ3) is 2.93. The molecule has 1 heterocycles. The molecular formula is C13H14N2O4S. The predicted molar refractivity (Wildman–Crippen MR) is 76.8 cm³/mol. The van der Waals surface area contributed by atoms with Crippen LogP contribution in [0.15, 0.2) is 18.2 Å². The summed E-state index contributed by atoms with van der Waals surface area (Å²) in [4.78, 5) is 35.4. The number of carboxylic acid groups (broad SMARTS) is 1. The summed E-state index contributed by atoms with van der Waals surface area (Å²) in [6, 6.07) is 4.26. The van der Waals surface area contributed by atoms with E-state index in [4.69, 9.17) is 10.8 Å². The van der Waals surface area contributed by atoms with Crippen LogP contribution in [0.1, 0.15) is 23.7 Å². The van der Waals surface area contributed by atoms with E-state index < -0.39 is 5.97 Å². The predicted octanol–water partition coefficient (Wildman–Crippen LogP) is 1.35. The first-order valence-electron chi connectivity index (χ1n) is 5.99. The fourth-order valence-corrected chi connectivity index (χ4v) is 3.07. The van der Waals surface area contributed by atoms with E-state index in [1.165, 1.54) is 30.0 Å². The summed E-state index contributed by atoms with van der Waals surface area (Å²) >= 11 is 1.14. The lowest BCUT2D eigenvalue weighted by atomic mass is 10.1. The van der Waals surface area contributed by atoms with Crippen molar-refractivity contribution in [3.63, 3.8) is 0 Å². The van der Waals surface area contributed by atoms with Crippen LogP contribution in [0.5, 0.6) is 0 Å². The first-order valence-corrected chi connectivity index (χ1v) is 6.87. The van der Waals surface area contributed by atoms with Gasteiger partial charge in [0.2, 0.25) is 5.91 Å². The zero-order chi connectivity index (χ0) is 14.9. The van der Waals surface area contributed by atoms with Crippen molar-refractivity contribution in [2.24, 2.45) is 0 Å². The second kappa shape index (κ2) is 5.54. The summed E-state index contributed by atoms with van der Waals surface area (Å²) in [6.07, 6.45) is 0.282. The zero-order valence-electron chi connectivity index (χ0n) is 10.8. The zero-order valence-corrected chi connectivity index (χ0v) is 11.6. The van der Waals surface area contributed by atoms with E-state index >= 15 is 0 Å². The van der Waals surface area contributed by atoms with E-state index in [1.54, 1.807) is 0 Å². The van der Waals surface area contributed by atoms with Gasteiger partial charge in [0, 0.05) is 25.1 Å². The van der Waals surface area contributed by atoms with Crippen LogP contribution in [0, 0.1) is 0 Å². The molecule has 0 spiro atoms. The van der Waals surface area contributed by atoms with Gasteiger partial charge in [-0.25, -0.2) is 4.79 Å². The Hall–Kier alpha value is -2.02. The maximum absolute atomic E-state index is 12.0. The number of hydrogen-bond acceptors (Lipinski definition) is 5. The van der Waals surface area contributed by atoms with Crippen molar-refractivity contribution in [1.29, 1.82) is 0 Å². The molecule has 3 N–H and O–H groups in total. The maximum atomic E-state index is 12.0. The molecule has 2 rings (SSSR count). The third-order valence-electron chi connectivity index (χ3n) is 2.99. The van der Waals surface area contributed by atoms with E-state index in [2.05, 4.69) is 0 Å². The van der Waals surface area contributed by atoms with Gasteiger partial charge < -0.3 is 15.7 Å². The molecule has 1 atom stereocenters. The average Bonchev–Trinajstić information content (AvgIpc) is 2.68. The lowest BCUT2D eigenvalue weighted by Crippen LogP contribution is -2.26. The molecule has 0 saturated carbocycles. The van der Waals surface area contributed by atoms with E-state index in [9.17, 15) is 14.4 Å².